The van der Waals surface area contributed by atoms with Gasteiger partial charge >= 0.3 is 0 Å². The molecule has 156 valence electrons. The SMILES string of the molecule is Cc1c(C(C)NC(=O)C2(N3CCOCC3)CCCCC2)cnn1-c1ccccn1. The lowest BCUT2D eigenvalue weighted by molar-refractivity contribution is -0.140. The highest BCUT2D eigenvalue weighted by Crippen LogP contribution is 2.35. The first-order valence-corrected chi connectivity index (χ1v) is 10.7. The van der Waals surface area contributed by atoms with E-state index in [1.54, 1.807) is 6.20 Å². The van der Waals surface area contributed by atoms with Gasteiger partial charge in [0.2, 0.25) is 5.91 Å². The first-order valence-electron chi connectivity index (χ1n) is 10.7. The minimum absolute atomic E-state index is 0.111. The molecule has 7 nitrogen and oxygen atoms in total. The Bertz CT molecular complexity index is 823. The summed E-state index contributed by atoms with van der Waals surface area (Å²) in [6.07, 6.45) is 8.89. The molecule has 1 aliphatic carbocycles. The van der Waals surface area contributed by atoms with Crippen LogP contribution in [-0.2, 0) is 9.53 Å². The highest BCUT2D eigenvalue weighted by atomic mass is 16.5. The highest BCUT2D eigenvalue weighted by molar-refractivity contribution is 5.87. The lowest BCUT2D eigenvalue weighted by Gasteiger charge is -2.47. The maximum atomic E-state index is 13.6. The monoisotopic (exact) mass is 397 g/mol. The summed E-state index contributed by atoms with van der Waals surface area (Å²) in [5, 5.41) is 7.82. The average Bonchev–Trinajstić information content (AvgIpc) is 3.17. The predicted molar refractivity (Wildman–Crippen MR) is 111 cm³/mol. The van der Waals surface area contributed by atoms with Crippen molar-refractivity contribution in [2.45, 2.75) is 57.5 Å². The van der Waals surface area contributed by atoms with Crippen LogP contribution in [0.4, 0.5) is 0 Å². The van der Waals surface area contributed by atoms with Gasteiger partial charge in [0.05, 0.1) is 25.5 Å². The zero-order valence-electron chi connectivity index (χ0n) is 17.4. The number of carbonyl (C=O) groups is 1. The van der Waals surface area contributed by atoms with Gasteiger partial charge in [0.25, 0.3) is 0 Å². The molecule has 0 bridgehead atoms. The summed E-state index contributed by atoms with van der Waals surface area (Å²) in [7, 11) is 0. The molecule has 29 heavy (non-hydrogen) atoms. The number of amides is 1. The van der Waals surface area contributed by atoms with Crippen LogP contribution in [0.15, 0.2) is 30.6 Å². The van der Waals surface area contributed by atoms with Gasteiger partial charge in [-0.3, -0.25) is 9.69 Å². The Hall–Kier alpha value is -2.25. The number of hydrogen-bond acceptors (Lipinski definition) is 5. The predicted octanol–water partition coefficient (Wildman–Crippen LogP) is 2.79. The Morgan fingerprint density at radius 3 is 2.66 bits per heavy atom. The molecule has 0 radical (unpaired) electrons. The Labute approximate surface area is 172 Å². The van der Waals surface area contributed by atoms with Crippen LogP contribution in [0.3, 0.4) is 0 Å². The smallest absolute Gasteiger partial charge is 0.241 e. The van der Waals surface area contributed by atoms with Gasteiger partial charge in [0.1, 0.15) is 5.54 Å². The number of nitrogens with zero attached hydrogens (tertiary/aromatic N) is 4. The lowest BCUT2D eigenvalue weighted by atomic mass is 9.79. The summed E-state index contributed by atoms with van der Waals surface area (Å²) >= 11 is 0. The van der Waals surface area contributed by atoms with Crippen molar-refractivity contribution in [2.75, 3.05) is 26.3 Å². The molecule has 1 saturated heterocycles. The van der Waals surface area contributed by atoms with Crippen molar-refractivity contribution in [1.29, 1.82) is 0 Å². The molecule has 2 aliphatic rings. The Kier molecular flexibility index (Phi) is 5.96. The quantitative estimate of drug-likeness (QED) is 0.840. The van der Waals surface area contributed by atoms with E-state index in [2.05, 4.69) is 20.3 Å². The summed E-state index contributed by atoms with van der Waals surface area (Å²) in [5.74, 6) is 0.934. The summed E-state index contributed by atoms with van der Waals surface area (Å²) in [6.45, 7) is 7.15. The summed E-state index contributed by atoms with van der Waals surface area (Å²) in [4.78, 5) is 20.3. The second-order valence-corrected chi connectivity index (χ2v) is 8.17. The fraction of sp³-hybridized carbons (Fsp3) is 0.591. The van der Waals surface area contributed by atoms with Gasteiger partial charge in [-0.05, 0) is 38.8 Å². The van der Waals surface area contributed by atoms with Crippen molar-refractivity contribution >= 4 is 5.91 Å². The van der Waals surface area contributed by atoms with Gasteiger partial charge in [0.15, 0.2) is 5.82 Å². The van der Waals surface area contributed by atoms with Crippen molar-refractivity contribution in [3.8, 4) is 5.82 Å². The normalized spacial score (nSPS) is 20.9. The van der Waals surface area contributed by atoms with Gasteiger partial charge in [0, 0.05) is 30.5 Å². The molecule has 1 saturated carbocycles. The number of pyridine rings is 1. The Morgan fingerprint density at radius 1 is 1.21 bits per heavy atom. The van der Waals surface area contributed by atoms with Crippen molar-refractivity contribution in [1.82, 2.24) is 25.0 Å². The number of aromatic nitrogens is 3. The van der Waals surface area contributed by atoms with Gasteiger partial charge in [-0.2, -0.15) is 5.10 Å². The largest absolute Gasteiger partial charge is 0.379 e. The number of morpholine rings is 1. The standard InChI is InChI=1S/C22H31N5O2/c1-17(19-16-24-27(18(19)2)20-8-4-7-11-23-20)25-21(28)22(9-5-3-6-10-22)26-12-14-29-15-13-26/h4,7-8,11,16-17H,3,5-6,9-10,12-15H2,1-2H3,(H,25,28). The summed E-state index contributed by atoms with van der Waals surface area (Å²) < 4.78 is 7.37. The number of nitrogens with one attached hydrogen (secondary N) is 1. The van der Waals surface area contributed by atoms with E-state index in [0.29, 0.717) is 13.2 Å². The molecule has 0 aromatic carbocycles. The van der Waals surface area contributed by atoms with Gasteiger partial charge in [-0.1, -0.05) is 25.3 Å². The Balaban J connectivity index is 1.53. The van der Waals surface area contributed by atoms with Crippen LogP contribution in [0, 0.1) is 6.92 Å². The molecule has 1 N–H and O–H groups in total. The fourth-order valence-corrected chi connectivity index (χ4v) is 4.78. The van der Waals surface area contributed by atoms with Crippen molar-refractivity contribution < 1.29 is 9.53 Å². The lowest BCUT2D eigenvalue weighted by Crippen LogP contribution is -2.62. The summed E-state index contributed by atoms with van der Waals surface area (Å²) in [6, 6.07) is 5.66. The minimum Gasteiger partial charge on any atom is -0.379 e. The van der Waals surface area contributed by atoms with E-state index in [1.807, 2.05) is 42.9 Å². The molecule has 1 unspecified atom stereocenters. The molecule has 1 amide bonds. The van der Waals surface area contributed by atoms with Crippen LogP contribution >= 0.6 is 0 Å². The molecule has 4 rings (SSSR count). The topological polar surface area (TPSA) is 72.3 Å². The second kappa shape index (κ2) is 8.63. The molecular weight excluding hydrogens is 366 g/mol. The van der Waals surface area contributed by atoms with Gasteiger partial charge in [-0.25, -0.2) is 9.67 Å². The van der Waals surface area contributed by atoms with E-state index in [-0.39, 0.29) is 11.9 Å². The third-order valence-corrected chi connectivity index (χ3v) is 6.45. The molecule has 1 atom stereocenters. The van der Waals surface area contributed by atoms with Crippen LogP contribution < -0.4 is 5.32 Å². The van der Waals surface area contributed by atoms with E-state index >= 15 is 0 Å². The van der Waals surface area contributed by atoms with Crippen LogP contribution in [0.2, 0.25) is 0 Å². The van der Waals surface area contributed by atoms with E-state index in [4.69, 9.17) is 4.74 Å². The molecule has 0 spiro atoms. The first-order chi connectivity index (χ1) is 14.1. The number of carbonyl (C=O) groups excluding carboxylic acids is 1. The molecule has 2 fully saturated rings. The number of ether oxygens (including phenoxy) is 1. The molecule has 2 aromatic rings. The molecule has 3 heterocycles. The highest BCUT2D eigenvalue weighted by Gasteiger charge is 2.45. The number of hydrogen-bond donors (Lipinski definition) is 1. The molecule has 1 aliphatic heterocycles. The maximum Gasteiger partial charge on any atom is 0.241 e. The fourth-order valence-electron chi connectivity index (χ4n) is 4.78. The van der Waals surface area contributed by atoms with Crippen LogP contribution in [0.25, 0.3) is 5.82 Å². The van der Waals surface area contributed by atoms with Crippen molar-refractivity contribution in [3.05, 3.63) is 41.9 Å². The van der Waals surface area contributed by atoms with Crippen LogP contribution in [0.1, 0.15) is 56.3 Å². The van der Waals surface area contributed by atoms with Crippen LogP contribution in [-0.4, -0.2) is 57.4 Å². The number of rotatable bonds is 5. The molecule has 2 aromatic heterocycles. The van der Waals surface area contributed by atoms with Crippen molar-refractivity contribution in [3.63, 3.8) is 0 Å². The van der Waals surface area contributed by atoms with E-state index in [0.717, 1.165) is 55.8 Å². The molecular formula is C22H31N5O2. The maximum absolute atomic E-state index is 13.6. The molecule has 7 heteroatoms. The third-order valence-electron chi connectivity index (χ3n) is 6.45. The summed E-state index contributed by atoms with van der Waals surface area (Å²) in [5.41, 5.74) is 1.62. The van der Waals surface area contributed by atoms with E-state index in [9.17, 15) is 4.79 Å². The third kappa shape index (κ3) is 3.94. The van der Waals surface area contributed by atoms with Gasteiger partial charge < -0.3 is 10.1 Å². The van der Waals surface area contributed by atoms with Gasteiger partial charge in [-0.15, -0.1) is 0 Å². The second-order valence-electron chi connectivity index (χ2n) is 8.17. The zero-order valence-corrected chi connectivity index (χ0v) is 17.4. The van der Waals surface area contributed by atoms with Crippen molar-refractivity contribution in [2.24, 2.45) is 0 Å². The average molecular weight is 398 g/mol. The van der Waals surface area contributed by atoms with E-state index < -0.39 is 5.54 Å². The zero-order chi connectivity index (χ0) is 20.3. The Morgan fingerprint density at radius 2 is 1.97 bits per heavy atom. The first kappa shape index (κ1) is 20.0. The van der Waals surface area contributed by atoms with E-state index in [1.165, 1.54) is 6.42 Å². The minimum atomic E-state index is -0.402. The van der Waals surface area contributed by atoms with Crippen LogP contribution in [0.5, 0.6) is 0 Å².